The Balaban J connectivity index is 0.00000205. The third-order valence-electron chi connectivity index (χ3n) is 6.18. The molecule has 1 fully saturated rings. The predicted molar refractivity (Wildman–Crippen MR) is 129 cm³/mol. The van der Waals surface area contributed by atoms with Gasteiger partial charge >= 0.3 is 18.0 Å². The molecule has 1 N–H and O–H groups in total. The maximum Gasteiger partial charge on any atom is 0.449 e. The Hall–Kier alpha value is -3.55. The number of hydrogen-bond donors (Lipinski definition) is 1. The van der Waals surface area contributed by atoms with Crippen LogP contribution in [0, 0.1) is 12.7 Å². The Morgan fingerprint density at radius 1 is 0.897 bits per heavy atom. The van der Waals surface area contributed by atoms with Gasteiger partial charge in [0, 0.05) is 37.4 Å². The van der Waals surface area contributed by atoms with E-state index in [9.17, 15) is 40.3 Å². The highest BCUT2D eigenvalue weighted by atomic mass is 19.4. The molecule has 7 nitrogen and oxygen atoms in total. The molecular formula is C25H27F7N4O3. The zero-order valence-corrected chi connectivity index (χ0v) is 21.3. The number of rotatable bonds is 5. The predicted octanol–water partition coefficient (Wildman–Crippen LogP) is 5.01. The lowest BCUT2D eigenvalue weighted by atomic mass is 10.1. The average Bonchev–Trinajstić information content (AvgIpc) is 3.33. The Kier molecular flexibility index (Phi) is 8.98. The van der Waals surface area contributed by atoms with Gasteiger partial charge in [-0.3, -0.25) is 19.2 Å². The van der Waals surface area contributed by atoms with Crippen LogP contribution in [-0.2, 0) is 25.4 Å². The zero-order chi connectivity index (χ0) is 29.1. The largest absolute Gasteiger partial charge is 0.455 e. The minimum atomic E-state index is -4.86. The van der Waals surface area contributed by atoms with Crippen molar-refractivity contribution in [3.05, 3.63) is 85.3 Å². The standard InChI is InChI=1S/C23H21F7N4O3.C2H6/c1-13-19(33-9-7-32(8-10-33)11-14-5-6-18(37-14)23(28,29)30)20(35)31-21(36)34(13)12-15-16(22(25,26)27)3-2-4-17(15)24;1-2/h2-6H,7-12H2,1H3,(H,31,35,36);1-2H3. The summed E-state index contributed by atoms with van der Waals surface area (Å²) in [7, 11) is 0. The summed E-state index contributed by atoms with van der Waals surface area (Å²) in [6.07, 6.45) is -9.45. The van der Waals surface area contributed by atoms with E-state index >= 15 is 0 Å². The van der Waals surface area contributed by atoms with Gasteiger partial charge in [-0.25, -0.2) is 9.18 Å². The van der Waals surface area contributed by atoms with Crippen molar-refractivity contribution in [3.8, 4) is 0 Å². The number of benzene rings is 1. The van der Waals surface area contributed by atoms with E-state index < -0.39 is 52.9 Å². The van der Waals surface area contributed by atoms with E-state index in [1.807, 2.05) is 18.7 Å². The first-order valence-corrected chi connectivity index (χ1v) is 12.1. The number of alkyl halides is 6. The molecule has 0 aliphatic carbocycles. The third kappa shape index (κ3) is 6.72. The monoisotopic (exact) mass is 564 g/mol. The number of nitrogens with zero attached hydrogens (tertiary/aromatic N) is 3. The second-order valence-electron chi connectivity index (χ2n) is 8.57. The molecule has 2 aromatic heterocycles. The Labute approximate surface area is 218 Å². The minimum absolute atomic E-state index is 0.0431. The van der Waals surface area contributed by atoms with Gasteiger partial charge in [0.15, 0.2) is 0 Å². The molecule has 0 saturated carbocycles. The first-order valence-electron chi connectivity index (χ1n) is 12.1. The van der Waals surface area contributed by atoms with Crippen LogP contribution < -0.4 is 16.1 Å². The van der Waals surface area contributed by atoms with E-state index in [1.54, 1.807) is 4.90 Å². The second kappa shape index (κ2) is 11.7. The normalized spacial score (nSPS) is 14.8. The number of furan rings is 1. The topological polar surface area (TPSA) is 74.5 Å². The van der Waals surface area contributed by atoms with Crippen molar-refractivity contribution in [1.29, 1.82) is 0 Å². The van der Waals surface area contributed by atoms with Crippen molar-refractivity contribution < 1.29 is 35.2 Å². The van der Waals surface area contributed by atoms with Crippen molar-refractivity contribution in [2.45, 2.75) is 46.2 Å². The van der Waals surface area contributed by atoms with Gasteiger partial charge in [-0.15, -0.1) is 0 Å². The van der Waals surface area contributed by atoms with E-state index in [-0.39, 0.29) is 36.8 Å². The first-order chi connectivity index (χ1) is 18.3. The van der Waals surface area contributed by atoms with Crippen LogP contribution in [0.3, 0.4) is 0 Å². The fourth-order valence-corrected chi connectivity index (χ4v) is 4.34. The van der Waals surface area contributed by atoms with Crippen LogP contribution in [-0.4, -0.2) is 40.6 Å². The fourth-order valence-electron chi connectivity index (χ4n) is 4.34. The van der Waals surface area contributed by atoms with Crippen molar-refractivity contribution in [2.24, 2.45) is 0 Å². The van der Waals surface area contributed by atoms with Gasteiger partial charge in [0.05, 0.1) is 18.7 Å². The highest BCUT2D eigenvalue weighted by molar-refractivity contribution is 5.49. The zero-order valence-electron chi connectivity index (χ0n) is 21.3. The first kappa shape index (κ1) is 30.0. The van der Waals surface area contributed by atoms with Gasteiger partial charge in [0.1, 0.15) is 17.3 Å². The Bertz CT molecular complexity index is 1400. The quantitative estimate of drug-likeness (QED) is 0.441. The number of nitrogens with one attached hydrogen (secondary N) is 1. The second-order valence-corrected chi connectivity index (χ2v) is 8.57. The summed E-state index contributed by atoms with van der Waals surface area (Å²) < 4.78 is 98.6. The molecule has 3 heterocycles. The molecule has 0 amide bonds. The summed E-state index contributed by atoms with van der Waals surface area (Å²) in [4.78, 5) is 30.6. The number of aromatic amines is 1. The molecule has 1 saturated heterocycles. The molecule has 0 bridgehead atoms. The molecule has 0 atom stereocenters. The summed E-state index contributed by atoms with van der Waals surface area (Å²) in [6.45, 7) is 5.86. The summed E-state index contributed by atoms with van der Waals surface area (Å²) in [5.74, 6) is -2.13. The molecule has 1 aromatic carbocycles. The molecule has 1 aliphatic rings. The van der Waals surface area contributed by atoms with Crippen LogP contribution in [0.4, 0.5) is 36.4 Å². The molecule has 3 aromatic rings. The summed E-state index contributed by atoms with van der Waals surface area (Å²) >= 11 is 0. The van der Waals surface area contributed by atoms with Crippen LogP contribution >= 0.6 is 0 Å². The molecule has 0 unspecified atom stereocenters. The van der Waals surface area contributed by atoms with Crippen molar-refractivity contribution in [2.75, 3.05) is 31.1 Å². The van der Waals surface area contributed by atoms with Gasteiger partial charge in [0.25, 0.3) is 5.56 Å². The van der Waals surface area contributed by atoms with Crippen molar-refractivity contribution in [1.82, 2.24) is 14.5 Å². The van der Waals surface area contributed by atoms with E-state index in [4.69, 9.17) is 4.42 Å². The number of H-pyrrole nitrogens is 1. The fraction of sp³-hybridized carbons (Fsp3) is 0.440. The van der Waals surface area contributed by atoms with Gasteiger partial charge in [-0.2, -0.15) is 26.3 Å². The lowest BCUT2D eigenvalue weighted by Gasteiger charge is -2.36. The highest BCUT2D eigenvalue weighted by Gasteiger charge is 2.36. The van der Waals surface area contributed by atoms with Crippen molar-refractivity contribution in [3.63, 3.8) is 0 Å². The van der Waals surface area contributed by atoms with Crippen LogP contribution in [0.2, 0.25) is 0 Å². The molecule has 214 valence electrons. The van der Waals surface area contributed by atoms with Crippen molar-refractivity contribution >= 4 is 5.69 Å². The molecule has 0 radical (unpaired) electrons. The molecule has 0 spiro atoms. The van der Waals surface area contributed by atoms with Crippen LogP contribution in [0.15, 0.2) is 44.3 Å². The van der Waals surface area contributed by atoms with Gasteiger partial charge in [-0.05, 0) is 31.2 Å². The molecule has 14 heteroatoms. The number of piperazine rings is 1. The summed E-state index contributed by atoms with van der Waals surface area (Å²) in [5.41, 5.74) is -3.61. The molecule has 4 rings (SSSR count). The third-order valence-corrected chi connectivity index (χ3v) is 6.18. The average molecular weight is 565 g/mol. The van der Waals surface area contributed by atoms with E-state index in [0.717, 1.165) is 22.8 Å². The SMILES string of the molecule is CC.Cc1c(N2CCN(Cc3ccc(C(F)(F)F)o3)CC2)c(=O)[nH]c(=O)n1Cc1c(F)cccc1C(F)(F)F. The number of hydrogen-bond acceptors (Lipinski definition) is 5. The number of aromatic nitrogens is 2. The highest BCUT2D eigenvalue weighted by Crippen LogP contribution is 2.34. The maximum atomic E-state index is 14.4. The minimum Gasteiger partial charge on any atom is -0.455 e. The van der Waals surface area contributed by atoms with Gasteiger partial charge in [-0.1, -0.05) is 19.9 Å². The maximum absolute atomic E-state index is 14.4. The lowest BCUT2D eigenvalue weighted by Crippen LogP contribution is -2.49. The Morgan fingerprint density at radius 3 is 2.10 bits per heavy atom. The number of halogens is 7. The van der Waals surface area contributed by atoms with E-state index in [0.29, 0.717) is 19.2 Å². The van der Waals surface area contributed by atoms with E-state index in [1.165, 1.54) is 13.0 Å². The Morgan fingerprint density at radius 2 is 1.54 bits per heavy atom. The van der Waals surface area contributed by atoms with E-state index in [2.05, 4.69) is 4.98 Å². The molecule has 1 aliphatic heterocycles. The summed E-state index contributed by atoms with van der Waals surface area (Å²) in [5, 5.41) is 0. The summed E-state index contributed by atoms with van der Waals surface area (Å²) in [6, 6.07) is 4.56. The van der Waals surface area contributed by atoms with Crippen LogP contribution in [0.25, 0.3) is 0 Å². The number of anilines is 1. The van der Waals surface area contributed by atoms with Crippen LogP contribution in [0.5, 0.6) is 0 Å². The smallest absolute Gasteiger partial charge is 0.449 e. The van der Waals surface area contributed by atoms with Gasteiger partial charge < -0.3 is 9.32 Å². The lowest BCUT2D eigenvalue weighted by molar-refractivity contribution is -0.153. The van der Waals surface area contributed by atoms with Gasteiger partial charge in [0.2, 0.25) is 5.76 Å². The molecule has 39 heavy (non-hydrogen) atoms. The molecular weight excluding hydrogens is 537 g/mol. The van der Waals surface area contributed by atoms with Crippen LogP contribution in [0.1, 0.15) is 42.2 Å².